The van der Waals surface area contributed by atoms with E-state index in [2.05, 4.69) is 15.4 Å². The first-order valence-corrected chi connectivity index (χ1v) is 10.3. The second kappa shape index (κ2) is 9.02. The minimum Gasteiger partial charge on any atom is -0.494 e. The Morgan fingerprint density at radius 1 is 1.00 bits per heavy atom. The number of carbonyl (C=O) groups excluding carboxylic acids is 1. The van der Waals surface area contributed by atoms with Gasteiger partial charge in [0.15, 0.2) is 5.82 Å². The summed E-state index contributed by atoms with van der Waals surface area (Å²) < 4.78 is 7.16. The quantitative estimate of drug-likeness (QED) is 0.434. The lowest BCUT2D eigenvalue weighted by molar-refractivity contribution is 0.101. The molecule has 0 saturated carbocycles. The van der Waals surface area contributed by atoms with Gasteiger partial charge in [0.2, 0.25) is 5.82 Å². The zero-order valence-electron chi connectivity index (χ0n) is 17.2. The lowest BCUT2D eigenvalue weighted by Gasteiger charge is -2.08. The maximum Gasteiger partial charge on any atom is 0.295 e. The molecule has 0 spiro atoms. The molecule has 0 aliphatic carbocycles. The van der Waals surface area contributed by atoms with Crippen LogP contribution in [-0.2, 0) is 0 Å². The van der Waals surface area contributed by atoms with Crippen molar-refractivity contribution in [3.63, 3.8) is 0 Å². The SMILES string of the molecule is CCOc1ccc(-n2nc(C(=O)Nc3ccc(C)cc3)nc2-c2ccc(Cl)cc2)cc1. The Hall–Kier alpha value is -3.64. The van der Waals surface area contributed by atoms with Gasteiger partial charge in [-0.3, -0.25) is 4.79 Å². The van der Waals surface area contributed by atoms with Crippen LogP contribution in [0, 0.1) is 6.92 Å². The first kappa shape index (κ1) is 20.6. The van der Waals surface area contributed by atoms with Crippen LogP contribution in [-0.4, -0.2) is 27.3 Å². The van der Waals surface area contributed by atoms with Crippen LogP contribution in [0.3, 0.4) is 0 Å². The Bertz CT molecular complexity index is 1180. The van der Waals surface area contributed by atoms with Crippen LogP contribution >= 0.6 is 11.6 Å². The molecule has 0 saturated heterocycles. The normalized spacial score (nSPS) is 10.7. The predicted molar refractivity (Wildman–Crippen MR) is 122 cm³/mol. The number of nitrogens with zero attached hydrogens (tertiary/aromatic N) is 3. The van der Waals surface area contributed by atoms with Crippen LogP contribution in [0.4, 0.5) is 5.69 Å². The summed E-state index contributed by atoms with van der Waals surface area (Å²) in [6.45, 7) is 4.51. The Balaban J connectivity index is 1.71. The van der Waals surface area contributed by atoms with E-state index in [1.807, 2.05) is 74.5 Å². The number of nitrogens with one attached hydrogen (secondary N) is 1. The van der Waals surface area contributed by atoms with E-state index < -0.39 is 0 Å². The maximum atomic E-state index is 12.8. The molecular weight excluding hydrogens is 412 g/mol. The minimum absolute atomic E-state index is 0.0689. The monoisotopic (exact) mass is 432 g/mol. The van der Waals surface area contributed by atoms with E-state index in [1.165, 1.54) is 0 Å². The van der Waals surface area contributed by atoms with E-state index >= 15 is 0 Å². The third-order valence-electron chi connectivity index (χ3n) is 4.61. The van der Waals surface area contributed by atoms with Crippen molar-refractivity contribution in [2.45, 2.75) is 13.8 Å². The van der Waals surface area contributed by atoms with Gasteiger partial charge in [0, 0.05) is 16.3 Å². The molecule has 1 heterocycles. The molecule has 0 aliphatic rings. The topological polar surface area (TPSA) is 69.0 Å². The van der Waals surface area contributed by atoms with Gasteiger partial charge in [0.05, 0.1) is 12.3 Å². The molecule has 3 aromatic carbocycles. The number of halogens is 1. The summed E-state index contributed by atoms with van der Waals surface area (Å²) in [5, 5.41) is 7.95. The molecule has 1 amide bonds. The first-order valence-electron chi connectivity index (χ1n) is 9.88. The number of aryl methyl sites for hydroxylation is 1. The lowest BCUT2D eigenvalue weighted by atomic mass is 10.2. The summed E-state index contributed by atoms with van der Waals surface area (Å²) in [7, 11) is 0. The van der Waals surface area contributed by atoms with Crippen LogP contribution < -0.4 is 10.1 Å². The van der Waals surface area contributed by atoms with E-state index in [0.29, 0.717) is 23.1 Å². The Labute approximate surface area is 185 Å². The maximum absolute atomic E-state index is 12.8. The summed E-state index contributed by atoms with van der Waals surface area (Å²) in [5.41, 5.74) is 3.34. The van der Waals surface area contributed by atoms with Crippen molar-refractivity contribution in [3.8, 4) is 22.8 Å². The van der Waals surface area contributed by atoms with Crippen molar-refractivity contribution >= 4 is 23.2 Å². The number of hydrogen-bond donors (Lipinski definition) is 1. The van der Waals surface area contributed by atoms with Gasteiger partial charge in [-0.05, 0) is 74.5 Å². The zero-order chi connectivity index (χ0) is 21.8. The Morgan fingerprint density at radius 2 is 1.68 bits per heavy atom. The highest BCUT2D eigenvalue weighted by atomic mass is 35.5. The number of amides is 1. The summed E-state index contributed by atoms with van der Waals surface area (Å²) in [4.78, 5) is 17.4. The molecule has 1 N–H and O–H groups in total. The smallest absolute Gasteiger partial charge is 0.295 e. The van der Waals surface area contributed by atoms with Crippen LogP contribution in [0.1, 0.15) is 23.1 Å². The van der Waals surface area contributed by atoms with Crippen molar-refractivity contribution in [1.29, 1.82) is 0 Å². The number of benzene rings is 3. The van der Waals surface area contributed by atoms with Crippen LogP contribution in [0.25, 0.3) is 17.1 Å². The fourth-order valence-corrected chi connectivity index (χ4v) is 3.17. The van der Waals surface area contributed by atoms with Gasteiger partial charge in [-0.25, -0.2) is 9.67 Å². The van der Waals surface area contributed by atoms with E-state index in [-0.39, 0.29) is 11.7 Å². The molecule has 0 bridgehead atoms. The zero-order valence-corrected chi connectivity index (χ0v) is 17.9. The number of ether oxygens (including phenoxy) is 1. The molecule has 0 aliphatic heterocycles. The summed E-state index contributed by atoms with van der Waals surface area (Å²) in [5.74, 6) is 0.981. The highest BCUT2D eigenvalue weighted by Gasteiger charge is 2.19. The molecule has 7 heteroatoms. The first-order chi connectivity index (χ1) is 15.0. The highest BCUT2D eigenvalue weighted by molar-refractivity contribution is 6.30. The fourth-order valence-electron chi connectivity index (χ4n) is 3.05. The molecule has 31 heavy (non-hydrogen) atoms. The molecule has 156 valence electrons. The van der Waals surface area contributed by atoms with Crippen LogP contribution in [0.15, 0.2) is 72.8 Å². The molecule has 0 unspecified atom stereocenters. The van der Waals surface area contributed by atoms with E-state index in [4.69, 9.17) is 16.3 Å². The van der Waals surface area contributed by atoms with Gasteiger partial charge in [-0.15, -0.1) is 5.10 Å². The number of aromatic nitrogens is 3. The van der Waals surface area contributed by atoms with Gasteiger partial charge in [-0.1, -0.05) is 29.3 Å². The average Bonchev–Trinajstić information content (AvgIpc) is 3.22. The third-order valence-corrected chi connectivity index (χ3v) is 4.87. The van der Waals surface area contributed by atoms with Crippen LogP contribution in [0.2, 0.25) is 5.02 Å². The number of anilines is 1. The second-order valence-electron chi connectivity index (χ2n) is 6.92. The molecule has 0 atom stereocenters. The standard InChI is InChI=1S/C24H21ClN4O2/c1-3-31-21-14-12-20(13-15-21)29-23(17-6-8-18(25)9-7-17)27-22(28-29)24(30)26-19-10-4-16(2)5-11-19/h4-15H,3H2,1-2H3,(H,26,30). The fraction of sp³-hybridized carbons (Fsp3) is 0.125. The molecule has 6 nitrogen and oxygen atoms in total. The van der Waals surface area contributed by atoms with Crippen LogP contribution in [0.5, 0.6) is 5.75 Å². The van der Waals surface area contributed by atoms with Crippen molar-refractivity contribution in [2.24, 2.45) is 0 Å². The molecule has 1 aromatic heterocycles. The molecule has 0 radical (unpaired) electrons. The van der Waals surface area contributed by atoms with Gasteiger partial charge >= 0.3 is 0 Å². The summed E-state index contributed by atoms with van der Waals surface area (Å²) >= 11 is 6.04. The number of rotatable bonds is 6. The predicted octanol–water partition coefficient (Wildman–Crippen LogP) is 5.55. The Kier molecular flexibility index (Phi) is 6.00. The largest absolute Gasteiger partial charge is 0.494 e. The lowest BCUT2D eigenvalue weighted by Crippen LogP contribution is -2.14. The molecule has 4 aromatic rings. The van der Waals surface area contributed by atoms with Gasteiger partial charge in [0.25, 0.3) is 5.91 Å². The van der Waals surface area contributed by atoms with E-state index in [1.54, 1.807) is 16.8 Å². The van der Waals surface area contributed by atoms with E-state index in [0.717, 1.165) is 22.6 Å². The minimum atomic E-state index is -0.385. The Morgan fingerprint density at radius 3 is 2.32 bits per heavy atom. The van der Waals surface area contributed by atoms with Gasteiger partial charge in [-0.2, -0.15) is 0 Å². The molecule has 4 rings (SSSR count). The summed E-state index contributed by atoms with van der Waals surface area (Å²) in [6.07, 6.45) is 0. The van der Waals surface area contributed by atoms with Crippen molar-refractivity contribution in [1.82, 2.24) is 14.8 Å². The molecule has 0 fully saturated rings. The third kappa shape index (κ3) is 4.75. The average molecular weight is 433 g/mol. The van der Waals surface area contributed by atoms with E-state index in [9.17, 15) is 4.79 Å². The van der Waals surface area contributed by atoms with Crippen molar-refractivity contribution in [3.05, 3.63) is 89.2 Å². The van der Waals surface area contributed by atoms with Gasteiger partial charge in [0.1, 0.15) is 5.75 Å². The highest BCUT2D eigenvalue weighted by Crippen LogP contribution is 2.24. The number of carbonyl (C=O) groups is 1. The van der Waals surface area contributed by atoms with Gasteiger partial charge < -0.3 is 10.1 Å². The summed E-state index contributed by atoms with van der Waals surface area (Å²) in [6, 6.07) is 22.3. The molecular formula is C24H21ClN4O2. The van der Waals surface area contributed by atoms with Crippen molar-refractivity contribution < 1.29 is 9.53 Å². The second-order valence-corrected chi connectivity index (χ2v) is 7.36. The number of hydrogen-bond acceptors (Lipinski definition) is 4. The van der Waals surface area contributed by atoms with Crippen molar-refractivity contribution in [2.75, 3.05) is 11.9 Å².